The summed E-state index contributed by atoms with van der Waals surface area (Å²) in [6, 6.07) is 5.31. The van der Waals surface area contributed by atoms with Crippen LogP contribution in [-0.4, -0.2) is 13.1 Å². The van der Waals surface area contributed by atoms with Crippen LogP contribution in [0.25, 0.3) is 0 Å². The maximum Gasteiger partial charge on any atom is 0.0133 e. The molecule has 0 saturated heterocycles. The van der Waals surface area contributed by atoms with Crippen LogP contribution in [-0.2, 0) is 6.42 Å². The molecule has 0 radical (unpaired) electrons. The van der Waals surface area contributed by atoms with Gasteiger partial charge in [-0.3, -0.25) is 0 Å². The van der Waals surface area contributed by atoms with Gasteiger partial charge in [-0.1, -0.05) is 30.5 Å². The Morgan fingerprint density at radius 3 is 2.17 bits per heavy atom. The fourth-order valence-corrected chi connectivity index (χ4v) is 3.62. The molecule has 18 heavy (non-hydrogen) atoms. The lowest BCUT2D eigenvalue weighted by Crippen LogP contribution is -2.34. The first-order valence-corrected chi connectivity index (χ1v) is 7.36. The van der Waals surface area contributed by atoms with Crippen molar-refractivity contribution >= 4 is 0 Å². The smallest absolute Gasteiger partial charge is 0.0133 e. The van der Waals surface area contributed by atoms with Gasteiger partial charge in [0.2, 0.25) is 0 Å². The zero-order chi connectivity index (χ0) is 13.1. The molecule has 0 spiro atoms. The quantitative estimate of drug-likeness (QED) is 0.847. The van der Waals surface area contributed by atoms with Crippen LogP contribution in [0.2, 0.25) is 0 Å². The molecular weight excluding hydrogens is 218 g/mol. The Balaban J connectivity index is 2.16. The molecule has 1 unspecified atom stereocenters. The maximum absolute atomic E-state index is 3.56. The van der Waals surface area contributed by atoms with Crippen LogP contribution in [0.15, 0.2) is 12.1 Å². The van der Waals surface area contributed by atoms with Crippen molar-refractivity contribution in [3.8, 4) is 0 Å². The first-order chi connectivity index (χ1) is 8.61. The first kappa shape index (κ1) is 13.6. The Morgan fingerprint density at radius 1 is 1.11 bits per heavy atom. The van der Waals surface area contributed by atoms with Crippen LogP contribution in [0.3, 0.4) is 0 Å². The van der Waals surface area contributed by atoms with E-state index in [0.29, 0.717) is 6.04 Å². The normalized spacial score (nSPS) is 18.2. The van der Waals surface area contributed by atoms with Crippen molar-refractivity contribution in [2.24, 2.45) is 5.92 Å². The van der Waals surface area contributed by atoms with Crippen molar-refractivity contribution in [2.75, 3.05) is 7.05 Å². The minimum absolute atomic E-state index is 0.660. The molecule has 1 fully saturated rings. The monoisotopic (exact) mass is 245 g/mol. The molecule has 0 heterocycles. The number of nitrogens with one attached hydrogen (secondary N) is 1. The molecule has 1 aliphatic carbocycles. The zero-order valence-corrected chi connectivity index (χ0v) is 12.3. The minimum Gasteiger partial charge on any atom is -0.316 e. The highest BCUT2D eigenvalue weighted by Gasteiger charge is 2.24. The van der Waals surface area contributed by atoms with E-state index in [1.54, 1.807) is 5.56 Å². The van der Waals surface area contributed by atoms with Gasteiger partial charge in [0.15, 0.2) is 0 Å². The van der Waals surface area contributed by atoms with Gasteiger partial charge in [-0.15, -0.1) is 0 Å². The van der Waals surface area contributed by atoms with Crippen molar-refractivity contribution in [3.05, 3.63) is 34.4 Å². The molecule has 1 aliphatic rings. The van der Waals surface area contributed by atoms with Gasteiger partial charge in [0.1, 0.15) is 0 Å². The summed E-state index contributed by atoms with van der Waals surface area (Å²) in [5.74, 6) is 0.884. The van der Waals surface area contributed by atoms with Gasteiger partial charge in [0, 0.05) is 6.04 Å². The molecular formula is C17H27N. The third-order valence-corrected chi connectivity index (χ3v) is 4.60. The molecule has 0 amide bonds. The summed E-state index contributed by atoms with van der Waals surface area (Å²) in [7, 11) is 2.13. The van der Waals surface area contributed by atoms with E-state index in [1.807, 2.05) is 0 Å². The molecule has 1 aromatic carbocycles. The highest BCUT2D eigenvalue weighted by atomic mass is 14.9. The number of aryl methyl sites for hydroxylation is 3. The molecule has 1 saturated carbocycles. The largest absolute Gasteiger partial charge is 0.316 e. The Kier molecular flexibility index (Phi) is 4.45. The van der Waals surface area contributed by atoms with Gasteiger partial charge >= 0.3 is 0 Å². The predicted octanol–water partition coefficient (Wildman–Crippen LogP) is 3.93. The third kappa shape index (κ3) is 2.95. The van der Waals surface area contributed by atoms with Gasteiger partial charge in [-0.25, -0.2) is 0 Å². The standard InChI is InChI=1S/C17H27N/c1-12-9-13(2)16(14(3)10-12)11-17(18-4)15-7-5-6-8-15/h9-10,15,17-18H,5-8,11H2,1-4H3. The number of hydrogen-bond donors (Lipinski definition) is 1. The van der Waals surface area contributed by atoms with Crippen molar-refractivity contribution < 1.29 is 0 Å². The van der Waals surface area contributed by atoms with Crippen molar-refractivity contribution in [1.29, 1.82) is 0 Å². The van der Waals surface area contributed by atoms with E-state index >= 15 is 0 Å². The highest BCUT2D eigenvalue weighted by Crippen LogP contribution is 2.30. The van der Waals surface area contributed by atoms with E-state index in [1.165, 1.54) is 48.8 Å². The van der Waals surface area contributed by atoms with Crippen molar-refractivity contribution in [2.45, 2.75) is 58.9 Å². The molecule has 1 nitrogen and oxygen atoms in total. The number of benzene rings is 1. The maximum atomic E-state index is 3.56. The molecule has 0 bridgehead atoms. The van der Waals surface area contributed by atoms with E-state index < -0.39 is 0 Å². The molecule has 1 N–H and O–H groups in total. The SMILES string of the molecule is CNC(Cc1c(C)cc(C)cc1C)C1CCCC1. The number of likely N-dealkylation sites (N-methyl/N-ethyl adjacent to an activating group) is 1. The molecule has 0 aliphatic heterocycles. The van der Waals surface area contributed by atoms with Gasteiger partial charge in [0.25, 0.3) is 0 Å². The van der Waals surface area contributed by atoms with Crippen LogP contribution in [0, 0.1) is 26.7 Å². The summed E-state index contributed by atoms with van der Waals surface area (Å²) >= 11 is 0. The first-order valence-electron chi connectivity index (χ1n) is 7.36. The average molecular weight is 245 g/mol. The Morgan fingerprint density at radius 2 is 1.67 bits per heavy atom. The molecule has 2 rings (SSSR count). The summed E-state index contributed by atoms with van der Waals surface area (Å²) in [6.07, 6.45) is 6.87. The topological polar surface area (TPSA) is 12.0 Å². The third-order valence-electron chi connectivity index (χ3n) is 4.60. The highest BCUT2D eigenvalue weighted by molar-refractivity contribution is 5.38. The van der Waals surface area contributed by atoms with Crippen LogP contribution in [0.4, 0.5) is 0 Å². The number of rotatable bonds is 4. The van der Waals surface area contributed by atoms with Crippen LogP contribution in [0.1, 0.15) is 47.9 Å². The van der Waals surface area contributed by atoms with Crippen LogP contribution >= 0.6 is 0 Å². The lowest BCUT2D eigenvalue weighted by Gasteiger charge is -2.25. The second kappa shape index (κ2) is 5.88. The molecule has 1 aromatic rings. The van der Waals surface area contributed by atoms with E-state index in [2.05, 4.69) is 45.3 Å². The van der Waals surface area contributed by atoms with Crippen LogP contribution < -0.4 is 5.32 Å². The lowest BCUT2D eigenvalue weighted by atomic mass is 9.88. The molecule has 1 atom stereocenters. The Hall–Kier alpha value is -0.820. The minimum atomic E-state index is 0.660. The second-order valence-electron chi connectivity index (χ2n) is 6.02. The van der Waals surface area contributed by atoms with Crippen LogP contribution in [0.5, 0.6) is 0 Å². The molecule has 0 aromatic heterocycles. The fraction of sp³-hybridized carbons (Fsp3) is 0.647. The van der Waals surface area contributed by atoms with Gasteiger partial charge < -0.3 is 5.32 Å². The summed E-state index contributed by atoms with van der Waals surface area (Å²) in [6.45, 7) is 6.71. The average Bonchev–Trinajstić information content (AvgIpc) is 2.81. The van der Waals surface area contributed by atoms with Gasteiger partial charge in [0.05, 0.1) is 0 Å². The summed E-state index contributed by atoms with van der Waals surface area (Å²) in [5, 5.41) is 3.56. The summed E-state index contributed by atoms with van der Waals surface area (Å²) < 4.78 is 0. The Bertz CT molecular complexity index is 379. The zero-order valence-electron chi connectivity index (χ0n) is 12.3. The molecule has 100 valence electrons. The van der Waals surface area contributed by atoms with Gasteiger partial charge in [-0.05, 0) is 69.7 Å². The van der Waals surface area contributed by atoms with E-state index in [9.17, 15) is 0 Å². The lowest BCUT2D eigenvalue weighted by molar-refractivity contribution is 0.376. The number of hydrogen-bond acceptors (Lipinski definition) is 1. The van der Waals surface area contributed by atoms with E-state index in [0.717, 1.165) is 5.92 Å². The second-order valence-corrected chi connectivity index (χ2v) is 6.02. The molecule has 1 heteroatoms. The Labute approximate surface area is 112 Å². The van der Waals surface area contributed by atoms with E-state index in [4.69, 9.17) is 0 Å². The summed E-state index contributed by atoms with van der Waals surface area (Å²) in [4.78, 5) is 0. The van der Waals surface area contributed by atoms with Crippen molar-refractivity contribution in [1.82, 2.24) is 5.32 Å². The van der Waals surface area contributed by atoms with Gasteiger partial charge in [-0.2, -0.15) is 0 Å². The fourth-order valence-electron chi connectivity index (χ4n) is 3.62. The van der Waals surface area contributed by atoms with Crippen molar-refractivity contribution in [3.63, 3.8) is 0 Å². The summed E-state index contributed by atoms with van der Waals surface area (Å²) in [5.41, 5.74) is 5.87. The predicted molar refractivity (Wildman–Crippen MR) is 79.2 cm³/mol. The van der Waals surface area contributed by atoms with E-state index in [-0.39, 0.29) is 0 Å².